The maximum absolute atomic E-state index is 13.6. The van der Waals surface area contributed by atoms with Gasteiger partial charge >= 0.3 is 0 Å². The largest absolute Gasteiger partial charge is 0.368 e. The lowest BCUT2D eigenvalue weighted by Gasteiger charge is -2.28. The van der Waals surface area contributed by atoms with Crippen LogP contribution in [0.15, 0.2) is 84.9 Å². The van der Waals surface area contributed by atoms with Crippen molar-refractivity contribution in [3.05, 3.63) is 107 Å². The van der Waals surface area contributed by atoms with Gasteiger partial charge in [-0.2, -0.15) is 0 Å². The number of nitrogens with two attached hydrogens (primary N) is 1. The first-order chi connectivity index (χ1) is 15.8. The molecule has 4 N–H and O–H groups in total. The molecule has 0 fully saturated rings. The summed E-state index contributed by atoms with van der Waals surface area (Å²) >= 11 is 0. The smallest absolute Gasteiger partial charge is 0.243 e. The Hall–Kier alpha value is -4.00. The lowest BCUT2D eigenvalue weighted by atomic mass is 9.84. The minimum Gasteiger partial charge on any atom is -0.368 e. The second-order valence-corrected chi connectivity index (χ2v) is 7.77. The maximum Gasteiger partial charge on any atom is 0.243 e. The average molecular weight is 448 g/mol. The summed E-state index contributed by atoms with van der Waals surface area (Å²) in [6.07, 6.45) is 0.0516. The molecule has 0 aliphatic carbocycles. The van der Waals surface area contributed by atoms with Crippen molar-refractivity contribution in [2.24, 2.45) is 5.73 Å². The summed E-state index contributed by atoms with van der Waals surface area (Å²) in [5, 5.41) is 5.32. The summed E-state index contributed by atoms with van der Waals surface area (Å²) in [4.78, 5) is 37.5. The molecule has 0 aromatic heterocycles. The first kappa shape index (κ1) is 23.7. The number of nitrogens with one attached hydrogen (secondary N) is 2. The molecule has 170 valence electrons. The third kappa shape index (κ3) is 6.49. The molecule has 0 unspecified atom stereocenters. The Balaban J connectivity index is 1.92. The molecule has 3 rings (SSSR count). The Labute approximate surface area is 192 Å². The molecule has 0 radical (unpaired) electrons. The van der Waals surface area contributed by atoms with Crippen LogP contribution in [0.4, 0.5) is 4.39 Å². The summed E-state index contributed by atoms with van der Waals surface area (Å²) in [6.45, 7) is 1.29. The van der Waals surface area contributed by atoms with Crippen LogP contribution in [0.25, 0.3) is 0 Å². The van der Waals surface area contributed by atoms with Crippen LogP contribution in [-0.2, 0) is 20.8 Å². The van der Waals surface area contributed by atoms with E-state index in [1.807, 2.05) is 60.7 Å². The second-order valence-electron chi connectivity index (χ2n) is 7.77. The second kappa shape index (κ2) is 11.0. The number of carbonyl (C=O) groups is 3. The first-order valence-electron chi connectivity index (χ1n) is 10.6. The van der Waals surface area contributed by atoms with Crippen LogP contribution in [0.5, 0.6) is 0 Å². The zero-order valence-electron chi connectivity index (χ0n) is 18.2. The van der Waals surface area contributed by atoms with Crippen molar-refractivity contribution in [2.75, 3.05) is 0 Å². The number of rotatable bonds is 9. The lowest BCUT2D eigenvalue weighted by Crippen LogP contribution is -2.55. The first-order valence-corrected chi connectivity index (χ1v) is 10.6. The average Bonchev–Trinajstić information content (AvgIpc) is 2.79. The highest BCUT2D eigenvalue weighted by atomic mass is 19.1. The van der Waals surface area contributed by atoms with E-state index in [1.165, 1.54) is 25.1 Å². The fourth-order valence-corrected chi connectivity index (χ4v) is 3.82. The number of primary amides is 1. The van der Waals surface area contributed by atoms with Crippen molar-refractivity contribution < 1.29 is 18.8 Å². The van der Waals surface area contributed by atoms with Crippen LogP contribution < -0.4 is 16.4 Å². The van der Waals surface area contributed by atoms with Gasteiger partial charge in [0.2, 0.25) is 17.7 Å². The standard InChI is InChI=1S/C26H26FN3O3/c1-17(31)29-22(16-18-9-8-14-21(27)15-18)26(33)30-24(25(28)32)23(19-10-4-2-5-11-19)20-12-6-3-7-13-20/h2-15,22-24H,16H2,1H3,(H2,28,32)(H,29,31)(H,30,33)/t22-,24+/m1/s1. The van der Waals surface area contributed by atoms with Gasteiger partial charge in [-0.3, -0.25) is 14.4 Å². The highest BCUT2D eigenvalue weighted by Gasteiger charge is 2.33. The van der Waals surface area contributed by atoms with E-state index in [4.69, 9.17) is 5.73 Å². The monoisotopic (exact) mass is 447 g/mol. The molecular weight excluding hydrogens is 421 g/mol. The highest BCUT2D eigenvalue weighted by molar-refractivity contribution is 5.92. The third-order valence-electron chi connectivity index (χ3n) is 5.28. The van der Waals surface area contributed by atoms with Gasteiger partial charge in [-0.25, -0.2) is 4.39 Å². The lowest BCUT2D eigenvalue weighted by molar-refractivity contribution is -0.131. The van der Waals surface area contributed by atoms with Crippen molar-refractivity contribution >= 4 is 17.7 Å². The van der Waals surface area contributed by atoms with Crippen molar-refractivity contribution in [1.82, 2.24) is 10.6 Å². The fraction of sp³-hybridized carbons (Fsp3) is 0.192. The zero-order valence-corrected chi connectivity index (χ0v) is 18.2. The van der Waals surface area contributed by atoms with Crippen molar-refractivity contribution in [3.8, 4) is 0 Å². The minimum absolute atomic E-state index is 0.0516. The van der Waals surface area contributed by atoms with Crippen molar-refractivity contribution in [3.63, 3.8) is 0 Å². The predicted octanol–water partition coefficient (Wildman–Crippen LogP) is 2.68. The number of halogens is 1. The fourth-order valence-electron chi connectivity index (χ4n) is 3.82. The summed E-state index contributed by atoms with van der Waals surface area (Å²) in [5.74, 6) is -2.72. The normalized spacial score (nSPS) is 12.6. The molecule has 0 bridgehead atoms. The van der Waals surface area contributed by atoms with E-state index < -0.39 is 41.5 Å². The number of hydrogen-bond acceptors (Lipinski definition) is 3. The van der Waals surface area contributed by atoms with Crippen LogP contribution in [0.2, 0.25) is 0 Å². The van der Waals surface area contributed by atoms with Crippen LogP contribution in [-0.4, -0.2) is 29.8 Å². The van der Waals surface area contributed by atoms with Crippen molar-refractivity contribution in [1.29, 1.82) is 0 Å². The van der Waals surface area contributed by atoms with Gasteiger partial charge < -0.3 is 16.4 Å². The van der Waals surface area contributed by atoms with E-state index in [0.29, 0.717) is 5.56 Å². The molecule has 0 saturated carbocycles. The van der Waals surface area contributed by atoms with Crippen LogP contribution in [0.3, 0.4) is 0 Å². The molecule has 6 nitrogen and oxygen atoms in total. The molecule has 3 aromatic carbocycles. The van der Waals surface area contributed by atoms with E-state index in [-0.39, 0.29) is 6.42 Å². The maximum atomic E-state index is 13.6. The van der Waals surface area contributed by atoms with Crippen LogP contribution in [0.1, 0.15) is 29.5 Å². The Kier molecular flexibility index (Phi) is 7.91. The quantitative estimate of drug-likeness (QED) is 0.470. The van der Waals surface area contributed by atoms with Gasteiger partial charge in [-0.05, 0) is 28.8 Å². The third-order valence-corrected chi connectivity index (χ3v) is 5.28. The van der Waals surface area contributed by atoms with Gasteiger partial charge in [0.05, 0.1) is 0 Å². The molecule has 3 amide bonds. The number of carbonyl (C=O) groups excluding carboxylic acids is 3. The van der Waals surface area contributed by atoms with Crippen molar-refractivity contribution in [2.45, 2.75) is 31.3 Å². The predicted molar refractivity (Wildman–Crippen MR) is 124 cm³/mol. The molecule has 33 heavy (non-hydrogen) atoms. The van der Waals surface area contributed by atoms with E-state index >= 15 is 0 Å². The number of amides is 3. The minimum atomic E-state index is -1.08. The summed E-state index contributed by atoms with van der Waals surface area (Å²) in [5.41, 5.74) is 7.87. The SMILES string of the molecule is CC(=O)N[C@H](Cc1cccc(F)c1)C(=O)N[C@H](C(N)=O)C(c1ccccc1)c1ccccc1. The number of benzene rings is 3. The topological polar surface area (TPSA) is 101 Å². The molecular formula is C26H26FN3O3. The molecule has 0 aliphatic heterocycles. The molecule has 0 aliphatic rings. The van der Waals surface area contributed by atoms with E-state index in [0.717, 1.165) is 11.1 Å². The Morgan fingerprint density at radius 2 is 1.42 bits per heavy atom. The molecule has 0 heterocycles. The highest BCUT2D eigenvalue weighted by Crippen LogP contribution is 2.28. The zero-order chi connectivity index (χ0) is 23.8. The van der Waals surface area contributed by atoms with Gasteiger partial charge in [0.15, 0.2) is 0 Å². The number of hydrogen-bond donors (Lipinski definition) is 3. The molecule has 2 atom stereocenters. The van der Waals surface area contributed by atoms with Gasteiger partial charge in [-0.15, -0.1) is 0 Å². The van der Waals surface area contributed by atoms with E-state index in [1.54, 1.807) is 6.07 Å². The van der Waals surface area contributed by atoms with E-state index in [2.05, 4.69) is 10.6 Å². The van der Waals surface area contributed by atoms with Gasteiger partial charge in [0, 0.05) is 19.3 Å². The Morgan fingerprint density at radius 1 is 0.848 bits per heavy atom. The summed E-state index contributed by atoms with van der Waals surface area (Å²) in [6, 6.07) is 22.2. The van der Waals surface area contributed by atoms with Gasteiger partial charge in [-0.1, -0.05) is 72.8 Å². The van der Waals surface area contributed by atoms with Crippen LogP contribution >= 0.6 is 0 Å². The Morgan fingerprint density at radius 3 is 1.91 bits per heavy atom. The molecule has 3 aromatic rings. The summed E-state index contributed by atoms with van der Waals surface area (Å²) in [7, 11) is 0. The Bertz CT molecular complexity index is 1070. The van der Waals surface area contributed by atoms with E-state index in [9.17, 15) is 18.8 Å². The van der Waals surface area contributed by atoms with Gasteiger partial charge in [0.25, 0.3) is 0 Å². The van der Waals surface area contributed by atoms with Crippen LogP contribution in [0, 0.1) is 5.82 Å². The molecule has 7 heteroatoms. The summed E-state index contributed by atoms with van der Waals surface area (Å²) < 4.78 is 13.6. The van der Waals surface area contributed by atoms with Gasteiger partial charge in [0.1, 0.15) is 17.9 Å². The molecule has 0 saturated heterocycles. The molecule has 0 spiro atoms.